The first-order chi connectivity index (χ1) is 9.83. The monoisotopic (exact) mass is 391 g/mol. The van der Waals surface area contributed by atoms with E-state index in [1.165, 1.54) is 18.6 Å². The molecule has 0 aliphatic heterocycles. The lowest BCUT2D eigenvalue weighted by molar-refractivity contribution is 0.0702. The molecular formula is C12H10BrNO5S2. The van der Waals surface area contributed by atoms with Gasteiger partial charge in [0.2, 0.25) is 0 Å². The van der Waals surface area contributed by atoms with E-state index in [1.807, 2.05) is 0 Å². The maximum absolute atomic E-state index is 12.2. The molecule has 0 spiro atoms. The zero-order valence-corrected chi connectivity index (χ0v) is 13.9. The van der Waals surface area contributed by atoms with Crippen molar-refractivity contribution in [3.63, 3.8) is 0 Å². The molecule has 0 aliphatic rings. The second-order valence-corrected chi connectivity index (χ2v) is 7.35. The van der Waals surface area contributed by atoms with Crippen LogP contribution >= 0.6 is 27.3 Å². The quantitative estimate of drug-likeness (QED) is 0.816. The molecule has 0 bridgehead atoms. The molecule has 0 aliphatic carbocycles. The number of halogens is 1. The van der Waals surface area contributed by atoms with Gasteiger partial charge in [-0.3, -0.25) is 4.72 Å². The van der Waals surface area contributed by atoms with Crippen LogP contribution in [0.2, 0.25) is 0 Å². The van der Waals surface area contributed by atoms with Gasteiger partial charge in [0, 0.05) is 11.4 Å². The zero-order chi connectivity index (χ0) is 15.6. The first kappa shape index (κ1) is 15.8. The van der Waals surface area contributed by atoms with Crippen molar-refractivity contribution in [3.05, 3.63) is 39.0 Å². The van der Waals surface area contributed by atoms with E-state index >= 15 is 0 Å². The fraction of sp³-hybridized carbons (Fsp3) is 0.0833. The lowest BCUT2D eigenvalue weighted by atomic mass is 10.3. The van der Waals surface area contributed by atoms with Gasteiger partial charge in [0.25, 0.3) is 10.0 Å². The Labute approximate surface area is 133 Å². The Balaban J connectivity index is 2.30. The second-order valence-electron chi connectivity index (χ2n) is 3.91. The van der Waals surface area contributed by atoms with Gasteiger partial charge >= 0.3 is 5.97 Å². The van der Waals surface area contributed by atoms with E-state index in [0.717, 1.165) is 17.4 Å². The smallest absolute Gasteiger partial charge is 0.345 e. The van der Waals surface area contributed by atoms with Crippen LogP contribution < -0.4 is 9.46 Å². The molecule has 0 fully saturated rings. The van der Waals surface area contributed by atoms with E-state index in [1.54, 1.807) is 12.1 Å². The number of hydrogen-bond donors (Lipinski definition) is 2. The third-order valence-electron chi connectivity index (χ3n) is 2.50. The minimum atomic E-state index is -3.84. The molecule has 0 saturated heterocycles. The standard InChI is InChI=1S/C12H10BrNO5S2/c1-19-10-4-7(2-3-9(10)13)14-21(17,18)8-5-11(12(15)16)20-6-8/h2-6,14H,1H3,(H,15,16). The average Bonchev–Trinajstić information content (AvgIpc) is 2.91. The Morgan fingerprint density at radius 1 is 1.38 bits per heavy atom. The van der Waals surface area contributed by atoms with E-state index in [4.69, 9.17) is 9.84 Å². The fourth-order valence-electron chi connectivity index (χ4n) is 1.51. The van der Waals surface area contributed by atoms with E-state index in [0.29, 0.717) is 15.9 Å². The second kappa shape index (κ2) is 6.04. The summed E-state index contributed by atoms with van der Waals surface area (Å²) in [6, 6.07) is 5.85. The van der Waals surface area contributed by atoms with Gasteiger partial charge in [-0.25, -0.2) is 13.2 Å². The Morgan fingerprint density at radius 3 is 2.67 bits per heavy atom. The Morgan fingerprint density at radius 2 is 2.10 bits per heavy atom. The number of thiophene rings is 1. The molecule has 6 nitrogen and oxygen atoms in total. The number of nitrogens with one attached hydrogen (secondary N) is 1. The molecule has 1 aromatic heterocycles. The Bertz CT molecular complexity index is 785. The van der Waals surface area contributed by atoms with Crippen molar-refractivity contribution in [2.24, 2.45) is 0 Å². The summed E-state index contributed by atoms with van der Waals surface area (Å²) in [4.78, 5) is 10.7. The highest BCUT2D eigenvalue weighted by Crippen LogP contribution is 2.29. The van der Waals surface area contributed by atoms with Crippen LogP contribution in [0.25, 0.3) is 0 Å². The maximum atomic E-state index is 12.2. The number of anilines is 1. The summed E-state index contributed by atoms with van der Waals surface area (Å²) in [7, 11) is -2.37. The summed E-state index contributed by atoms with van der Waals surface area (Å²) < 4.78 is 32.5. The Kier molecular flexibility index (Phi) is 4.55. The number of benzene rings is 1. The van der Waals surface area contributed by atoms with Crippen molar-refractivity contribution in [3.8, 4) is 5.75 Å². The molecule has 2 aromatic rings. The van der Waals surface area contributed by atoms with Gasteiger partial charge in [-0.1, -0.05) is 0 Å². The maximum Gasteiger partial charge on any atom is 0.345 e. The van der Waals surface area contributed by atoms with Crippen LogP contribution in [0, 0.1) is 0 Å². The summed E-state index contributed by atoms with van der Waals surface area (Å²) in [5.41, 5.74) is 0.318. The highest BCUT2D eigenvalue weighted by Gasteiger charge is 2.19. The predicted octanol–water partition coefficient (Wildman–Crippen LogP) is 3.02. The fourth-order valence-corrected chi connectivity index (χ4v) is 4.08. The van der Waals surface area contributed by atoms with Crippen molar-refractivity contribution >= 4 is 48.9 Å². The van der Waals surface area contributed by atoms with Crippen molar-refractivity contribution in [2.75, 3.05) is 11.8 Å². The first-order valence-electron chi connectivity index (χ1n) is 5.51. The molecule has 1 heterocycles. The largest absolute Gasteiger partial charge is 0.495 e. The highest BCUT2D eigenvalue weighted by atomic mass is 79.9. The highest BCUT2D eigenvalue weighted by molar-refractivity contribution is 9.10. The van der Waals surface area contributed by atoms with E-state index in [9.17, 15) is 13.2 Å². The molecule has 0 radical (unpaired) electrons. The summed E-state index contributed by atoms with van der Waals surface area (Å²) in [5.74, 6) is -0.682. The number of carbonyl (C=O) groups is 1. The molecule has 0 amide bonds. The average molecular weight is 392 g/mol. The summed E-state index contributed by atoms with van der Waals surface area (Å²) in [6.45, 7) is 0. The van der Waals surface area contributed by atoms with Crippen LogP contribution in [-0.2, 0) is 10.0 Å². The van der Waals surface area contributed by atoms with Crippen molar-refractivity contribution in [1.82, 2.24) is 0 Å². The van der Waals surface area contributed by atoms with Crippen molar-refractivity contribution in [1.29, 1.82) is 0 Å². The van der Waals surface area contributed by atoms with E-state index in [-0.39, 0.29) is 9.77 Å². The number of carboxylic acids is 1. The van der Waals surface area contributed by atoms with Crippen LogP contribution in [0.3, 0.4) is 0 Å². The molecule has 21 heavy (non-hydrogen) atoms. The van der Waals surface area contributed by atoms with Gasteiger partial charge in [-0.05, 0) is 34.1 Å². The lowest BCUT2D eigenvalue weighted by Gasteiger charge is -2.09. The number of ether oxygens (including phenoxy) is 1. The topological polar surface area (TPSA) is 92.7 Å². The van der Waals surface area contributed by atoms with Gasteiger partial charge in [0.15, 0.2) is 0 Å². The third kappa shape index (κ3) is 3.55. The number of sulfonamides is 1. The minimum Gasteiger partial charge on any atom is -0.495 e. The molecule has 112 valence electrons. The number of aromatic carboxylic acids is 1. The van der Waals surface area contributed by atoms with Crippen LogP contribution in [0.4, 0.5) is 5.69 Å². The van der Waals surface area contributed by atoms with Gasteiger partial charge in [-0.2, -0.15) is 0 Å². The normalized spacial score (nSPS) is 11.1. The predicted molar refractivity (Wildman–Crippen MR) is 82.8 cm³/mol. The third-order valence-corrected chi connectivity index (χ3v) is 5.58. The SMILES string of the molecule is COc1cc(NS(=O)(=O)c2csc(C(=O)O)c2)ccc1Br. The number of carboxylic acid groups (broad SMARTS) is 1. The zero-order valence-electron chi connectivity index (χ0n) is 10.7. The number of rotatable bonds is 5. The molecular weight excluding hydrogens is 382 g/mol. The van der Waals surface area contributed by atoms with Gasteiger partial charge in [0.1, 0.15) is 10.6 Å². The molecule has 0 unspecified atom stereocenters. The van der Waals surface area contributed by atoms with E-state index < -0.39 is 16.0 Å². The van der Waals surface area contributed by atoms with Crippen LogP contribution in [-0.4, -0.2) is 26.6 Å². The van der Waals surface area contributed by atoms with Crippen molar-refractivity contribution < 1.29 is 23.1 Å². The Hall–Kier alpha value is -1.58. The van der Waals surface area contributed by atoms with Crippen LogP contribution in [0.1, 0.15) is 9.67 Å². The summed E-state index contributed by atoms with van der Waals surface area (Å²) in [5, 5.41) is 10.1. The van der Waals surface area contributed by atoms with Crippen molar-refractivity contribution in [2.45, 2.75) is 4.90 Å². The number of hydrogen-bond acceptors (Lipinski definition) is 5. The van der Waals surface area contributed by atoms with Gasteiger partial charge in [-0.15, -0.1) is 11.3 Å². The first-order valence-corrected chi connectivity index (χ1v) is 8.67. The summed E-state index contributed by atoms with van der Waals surface area (Å²) in [6.07, 6.45) is 0. The van der Waals surface area contributed by atoms with Gasteiger partial charge in [0.05, 0.1) is 22.2 Å². The molecule has 9 heteroatoms. The molecule has 0 atom stereocenters. The van der Waals surface area contributed by atoms with Crippen LogP contribution in [0.5, 0.6) is 5.75 Å². The molecule has 2 N–H and O–H groups in total. The molecule has 1 aromatic carbocycles. The summed E-state index contributed by atoms with van der Waals surface area (Å²) >= 11 is 4.12. The van der Waals surface area contributed by atoms with Gasteiger partial charge < -0.3 is 9.84 Å². The molecule has 2 rings (SSSR count). The number of methoxy groups -OCH3 is 1. The van der Waals surface area contributed by atoms with Crippen LogP contribution in [0.15, 0.2) is 39.0 Å². The molecule has 0 saturated carbocycles. The minimum absolute atomic E-state index is 0.0382. The lowest BCUT2D eigenvalue weighted by Crippen LogP contribution is -2.12. The van der Waals surface area contributed by atoms with E-state index in [2.05, 4.69) is 20.7 Å².